The number of nitrogens with one attached hydrogen (secondary N) is 1. The van der Waals surface area contributed by atoms with E-state index >= 15 is 0 Å². The number of carbonyl (C=O) groups is 2. The average Bonchev–Trinajstić information content (AvgIpc) is 3.16. The monoisotopic (exact) mass is 359 g/mol. The van der Waals surface area contributed by atoms with Crippen molar-refractivity contribution in [2.24, 2.45) is 0 Å². The molecule has 1 aliphatic rings. The molecule has 1 N–H and O–H groups in total. The van der Waals surface area contributed by atoms with Crippen molar-refractivity contribution in [1.29, 1.82) is 0 Å². The van der Waals surface area contributed by atoms with Crippen LogP contribution in [0, 0.1) is 0 Å². The molecule has 25 heavy (non-hydrogen) atoms. The SMILES string of the molecule is CN(C)c1cc(NC(=O)C2CCCCN2C(=O)c2cccs2)ncn1. The van der Waals surface area contributed by atoms with Crippen molar-refractivity contribution in [2.75, 3.05) is 30.9 Å². The summed E-state index contributed by atoms with van der Waals surface area (Å²) < 4.78 is 0. The van der Waals surface area contributed by atoms with Gasteiger partial charge in [0.2, 0.25) is 5.91 Å². The van der Waals surface area contributed by atoms with Gasteiger partial charge in [-0.05, 0) is 30.7 Å². The van der Waals surface area contributed by atoms with Crippen molar-refractivity contribution in [2.45, 2.75) is 25.3 Å². The lowest BCUT2D eigenvalue weighted by molar-refractivity contribution is -0.121. The van der Waals surface area contributed by atoms with Gasteiger partial charge in [0, 0.05) is 26.7 Å². The van der Waals surface area contributed by atoms with Crippen molar-refractivity contribution < 1.29 is 9.59 Å². The molecule has 1 unspecified atom stereocenters. The molecule has 3 heterocycles. The van der Waals surface area contributed by atoms with Crippen LogP contribution in [-0.2, 0) is 4.79 Å². The van der Waals surface area contributed by atoms with Crippen molar-refractivity contribution in [3.63, 3.8) is 0 Å². The van der Waals surface area contributed by atoms with Gasteiger partial charge in [-0.1, -0.05) is 6.07 Å². The summed E-state index contributed by atoms with van der Waals surface area (Å²) in [5.74, 6) is 0.873. The minimum atomic E-state index is -0.471. The summed E-state index contributed by atoms with van der Waals surface area (Å²) >= 11 is 1.40. The van der Waals surface area contributed by atoms with Gasteiger partial charge in [0.15, 0.2) is 0 Å². The van der Waals surface area contributed by atoms with Crippen LogP contribution in [0.2, 0.25) is 0 Å². The van der Waals surface area contributed by atoms with Gasteiger partial charge in [-0.2, -0.15) is 0 Å². The molecule has 0 saturated carbocycles. The van der Waals surface area contributed by atoms with Gasteiger partial charge in [0.1, 0.15) is 24.0 Å². The average molecular weight is 359 g/mol. The Bertz CT molecular complexity index is 747. The molecular formula is C17H21N5O2S. The van der Waals surface area contributed by atoms with E-state index < -0.39 is 6.04 Å². The highest BCUT2D eigenvalue weighted by molar-refractivity contribution is 7.12. The predicted molar refractivity (Wildman–Crippen MR) is 98.0 cm³/mol. The van der Waals surface area contributed by atoms with Gasteiger partial charge in [0.05, 0.1) is 4.88 Å². The standard InChI is InChI=1S/C17H21N5O2S/c1-21(2)15-10-14(18-11-19-15)20-16(23)12-6-3-4-8-22(12)17(24)13-7-5-9-25-13/h5,7,9-12H,3-4,6,8H2,1-2H3,(H,18,19,20,23). The first kappa shape index (κ1) is 17.3. The van der Waals surface area contributed by atoms with Crippen molar-refractivity contribution in [3.05, 3.63) is 34.8 Å². The molecule has 3 rings (SSSR count). The van der Waals surface area contributed by atoms with Crippen LogP contribution in [0.5, 0.6) is 0 Å². The maximum Gasteiger partial charge on any atom is 0.264 e. The van der Waals surface area contributed by atoms with Crippen LogP contribution in [0.3, 0.4) is 0 Å². The lowest BCUT2D eigenvalue weighted by Crippen LogP contribution is -2.49. The Kier molecular flexibility index (Phi) is 5.28. The third-order valence-corrected chi connectivity index (χ3v) is 5.02. The largest absolute Gasteiger partial charge is 0.363 e. The first-order valence-electron chi connectivity index (χ1n) is 8.21. The molecule has 2 amide bonds. The van der Waals surface area contributed by atoms with Crippen molar-refractivity contribution in [3.8, 4) is 0 Å². The summed E-state index contributed by atoms with van der Waals surface area (Å²) in [5, 5.41) is 4.70. The minimum Gasteiger partial charge on any atom is -0.363 e. The number of carbonyl (C=O) groups excluding carboxylic acids is 2. The Balaban J connectivity index is 1.75. The van der Waals surface area contributed by atoms with Crippen LogP contribution in [0.4, 0.5) is 11.6 Å². The second-order valence-electron chi connectivity index (χ2n) is 6.13. The molecule has 0 bridgehead atoms. The highest BCUT2D eigenvalue weighted by Crippen LogP contribution is 2.23. The smallest absolute Gasteiger partial charge is 0.264 e. The number of likely N-dealkylation sites (tertiary alicyclic amines) is 1. The summed E-state index contributed by atoms with van der Waals surface area (Å²) in [5.41, 5.74) is 0. The molecule has 2 aromatic rings. The van der Waals surface area contributed by atoms with Gasteiger partial charge >= 0.3 is 0 Å². The molecule has 7 nitrogen and oxygen atoms in total. The number of rotatable bonds is 4. The zero-order chi connectivity index (χ0) is 17.8. The normalized spacial score (nSPS) is 17.2. The number of piperidine rings is 1. The number of anilines is 2. The van der Waals surface area contributed by atoms with Crippen LogP contribution < -0.4 is 10.2 Å². The van der Waals surface area contributed by atoms with E-state index in [1.807, 2.05) is 30.4 Å². The molecule has 0 aliphatic carbocycles. The van der Waals surface area contributed by atoms with Gasteiger partial charge in [-0.15, -0.1) is 11.3 Å². The Hall–Kier alpha value is -2.48. The summed E-state index contributed by atoms with van der Waals surface area (Å²) in [6.45, 7) is 0.599. The Morgan fingerprint density at radius 3 is 2.88 bits per heavy atom. The van der Waals surface area contributed by atoms with Crippen LogP contribution in [-0.4, -0.2) is 53.4 Å². The number of nitrogens with zero attached hydrogens (tertiary/aromatic N) is 4. The van der Waals surface area contributed by atoms with E-state index in [0.29, 0.717) is 29.5 Å². The van der Waals surface area contributed by atoms with E-state index in [1.54, 1.807) is 17.0 Å². The lowest BCUT2D eigenvalue weighted by atomic mass is 10.0. The van der Waals surface area contributed by atoms with Gasteiger partial charge in [-0.25, -0.2) is 9.97 Å². The van der Waals surface area contributed by atoms with E-state index in [2.05, 4.69) is 15.3 Å². The number of thiophene rings is 1. The number of hydrogen-bond acceptors (Lipinski definition) is 6. The second-order valence-corrected chi connectivity index (χ2v) is 7.08. The zero-order valence-corrected chi connectivity index (χ0v) is 15.1. The molecule has 1 saturated heterocycles. The highest BCUT2D eigenvalue weighted by Gasteiger charge is 2.33. The summed E-state index contributed by atoms with van der Waals surface area (Å²) in [6.07, 6.45) is 3.92. The predicted octanol–water partition coefficient (Wildman–Crippen LogP) is 2.24. The van der Waals surface area contributed by atoms with E-state index in [1.165, 1.54) is 17.7 Å². The number of hydrogen-bond donors (Lipinski definition) is 1. The zero-order valence-electron chi connectivity index (χ0n) is 14.3. The second kappa shape index (κ2) is 7.60. The molecule has 1 aliphatic heterocycles. The number of amides is 2. The molecule has 0 spiro atoms. The molecule has 1 fully saturated rings. The summed E-state index contributed by atoms with van der Waals surface area (Å²) in [6, 6.07) is 4.89. The molecule has 0 radical (unpaired) electrons. The third-order valence-electron chi connectivity index (χ3n) is 4.16. The van der Waals surface area contributed by atoms with Gasteiger partial charge < -0.3 is 15.1 Å². The Morgan fingerprint density at radius 1 is 1.32 bits per heavy atom. The van der Waals surface area contributed by atoms with Crippen molar-refractivity contribution in [1.82, 2.24) is 14.9 Å². The third kappa shape index (κ3) is 3.96. The topological polar surface area (TPSA) is 78.4 Å². The fourth-order valence-electron chi connectivity index (χ4n) is 2.86. The molecule has 0 aromatic carbocycles. The van der Waals surface area contributed by atoms with E-state index in [9.17, 15) is 9.59 Å². The highest BCUT2D eigenvalue weighted by atomic mass is 32.1. The molecule has 132 valence electrons. The van der Waals surface area contributed by atoms with E-state index in [-0.39, 0.29) is 11.8 Å². The maximum absolute atomic E-state index is 12.8. The fourth-order valence-corrected chi connectivity index (χ4v) is 3.54. The molecule has 8 heteroatoms. The summed E-state index contributed by atoms with van der Waals surface area (Å²) in [4.78, 5) is 37.9. The molecular weight excluding hydrogens is 338 g/mol. The molecule has 2 aromatic heterocycles. The van der Waals surface area contributed by atoms with Crippen LogP contribution in [0.25, 0.3) is 0 Å². The fraction of sp³-hybridized carbons (Fsp3) is 0.412. The van der Waals surface area contributed by atoms with Crippen LogP contribution in [0.1, 0.15) is 28.9 Å². The van der Waals surface area contributed by atoms with Crippen LogP contribution >= 0.6 is 11.3 Å². The van der Waals surface area contributed by atoms with Crippen molar-refractivity contribution >= 4 is 34.8 Å². The maximum atomic E-state index is 12.8. The summed E-state index contributed by atoms with van der Waals surface area (Å²) in [7, 11) is 3.74. The number of aromatic nitrogens is 2. The van der Waals surface area contributed by atoms with Gasteiger partial charge in [-0.3, -0.25) is 9.59 Å². The van der Waals surface area contributed by atoms with Gasteiger partial charge in [0.25, 0.3) is 5.91 Å². The van der Waals surface area contributed by atoms with E-state index in [4.69, 9.17) is 0 Å². The Morgan fingerprint density at radius 2 is 2.16 bits per heavy atom. The van der Waals surface area contributed by atoms with Crippen LogP contribution in [0.15, 0.2) is 29.9 Å². The first-order valence-corrected chi connectivity index (χ1v) is 9.09. The quantitative estimate of drug-likeness (QED) is 0.906. The first-order chi connectivity index (χ1) is 12.1. The van der Waals surface area contributed by atoms with E-state index in [0.717, 1.165) is 12.8 Å². The Labute approximate surface area is 150 Å². The molecule has 1 atom stereocenters. The minimum absolute atomic E-state index is 0.0773. The lowest BCUT2D eigenvalue weighted by Gasteiger charge is -2.34.